The molecule has 0 spiro atoms. The zero-order chi connectivity index (χ0) is 12.3. The molecule has 17 heavy (non-hydrogen) atoms. The number of nitrogens with zero attached hydrogens (tertiary/aromatic N) is 1. The maximum absolute atomic E-state index is 9.02. The van der Waals surface area contributed by atoms with Crippen LogP contribution in [0.1, 0.15) is 23.7 Å². The van der Waals surface area contributed by atoms with E-state index in [9.17, 15) is 0 Å². The Morgan fingerprint density at radius 1 is 1.12 bits per heavy atom. The lowest BCUT2D eigenvalue weighted by Crippen LogP contribution is -1.92. The molecule has 2 rings (SSSR count). The number of benzene rings is 1. The minimum atomic E-state index is 0.0898. The number of aliphatic hydroxyl groups is 1. The van der Waals surface area contributed by atoms with Gasteiger partial charge in [-0.15, -0.1) is 0 Å². The normalized spacial score (nSPS) is 10.5. The molecular formula is C15H17NO. The Labute approximate surface area is 102 Å². The summed E-state index contributed by atoms with van der Waals surface area (Å²) < 4.78 is 0. The first-order chi connectivity index (χ1) is 8.24. The first-order valence-electron chi connectivity index (χ1n) is 5.90. The Balaban J connectivity index is 2.43. The molecule has 1 aromatic heterocycles. The van der Waals surface area contributed by atoms with Crippen LogP contribution in [0.2, 0.25) is 0 Å². The molecule has 0 unspecified atom stereocenters. The fraction of sp³-hybridized carbons (Fsp3) is 0.267. The summed E-state index contributed by atoms with van der Waals surface area (Å²) in [5, 5.41) is 9.02. The maximum atomic E-state index is 9.02. The number of aliphatic hydroxyl groups excluding tert-OH is 1. The number of pyridine rings is 1. The Morgan fingerprint density at radius 2 is 1.82 bits per heavy atom. The molecule has 0 bridgehead atoms. The highest BCUT2D eigenvalue weighted by molar-refractivity contribution is 5.66. The van der Waals surface area contributed by atoms with Gasteiger partial charge in [-0.2, -0.15) is 0 Å². The van der Waals surface area contributed by atoms with Gasteiger partial charge in [-0.05, 0) is 36.1 Å². The molecule has 2 heteroatoms. The number of hydrogen-bond donors (Lipinski definition) is 1. The van der Waals surface area contributed by atoms with Crippen molar-refractivity contribution in [3.05, 3.63) is 53.3 Å². The largest absolute Gasteiger partial charge is 0.392 e. The summed E-state index contributed by atoms with van der Waals surface area (Å²) in [4.78, 5) is 4.42. The zero-order valence-electron chi connectivity index (χ0n) is 10.3. The van der Waals surface area contributed by atoms with Gasteiger partial charge in [0.25, 0.3) is 0 Å². The highest BCUT2D eigenvalue weighted by atomic mass is 16.3. The molecule has 0 radical (unpaired) electrons. The van der Waals surface area contributed by atoms with Crippen LogP contribution in [0.5, 0.6) is 0 Å². The Kier molecular flexibility index (Phi) is 3.55. The van der Waals surface area contributed by atoms with Crippen LogP contribution in [-0.2, 0) is 13.0 Å². The van der Waals surface area contributed by atoms with E-state index in [4.69, 9.17) is 5.11 Å². The molecule has 1 aromatic carbocycles. The molecule has 0 aliphatic rings. The summed E-state index contributed by atoms with van der Waals surface area (Å²) in [5.74, 6) is 0. The fourth-order valence-corrected chi connectivity index (χ4v) is 1.85. The Morgan fingerprint density at radius 3 is 2.41 bits per heavy atom. The summed E-state index contributed by atoms with van der Waals surface area (Å²) in [7, 11) is 0. The smallest absolute Gasteiger partial charge is 0.0681 e. The SMILES string of the molecule is CCc1cnc(C)c(-c2ccc(CO)cc2)c1. The van der Waals surface area contributed by atoms with Crippen molar-refractivity contribution in [3.63, 3.8) is 0 Å². The van der Waals surface area contributed by atoms with Crippen LogP contribution in [0.25, 0.3) is 11.1 Å². The highest BCUT2D eigenvalue weighted by Crippen LogP contribution is 2.23. The predicted octanol–water partition coefficient (Wildman–Crippen LogP) is 3.11. The highest BCUT2D eigenvalue weighted by Gasteiger charge is 2.04. The summed E-state index contributed by atoms with van der Waals surface area (Å²) in [6.07, 6.45) is 2.93. The topological polar surface area (TPSA) is 33.1 Å². The van der Waals surface area contributed by atoms with E-state index in [2.05, 4.69) is 18.0 Å². The van der Waals surface area contributed by atoms with Gasteiger partial charge in [0.15, 0.2) is 0 Å². The van der Waals surface area contributed by atoms with Crippen molar-refractivity contribution in [2.45, 2.75) is 26.9 Å². The Bertz CT molecular complexity index is 503. The van der Waals surface area contributed by atoms with Crippen LogP contribution in [0.4, 0.5) is 0 Å². The molecule has 0 fully saturated rings. The average molecular weight is 227 g/mol. The van der Waals surface area contributed by atoms with Gasteiger partial charge in [-0.25, -0.2) is 0 Å². The maximum Gasteiger partial charge on any atom is 0.0681 e. The second-order valence-corrected chi connectivity index (χ2v) is 4.19. The second kappa shape index (κ2) is 5.11. The van der Waals surface area contributed by atoms with E-state index in [1.165, 1.54) is 11.1 Å². The molecule has 0 atom stereocenters. The first-order valence-corrected chi connectivity index (χ1v) is 5.90. The summed E-state index contributed by atoms with van der Waals surface area (Å²) in [6.45, 7) is 4.24. The second-order valence-electron chi connectivity index (χ2n) is 4.19. The molecular weight excluding hydrogens is 210 g/mol. The van der Waals surface area contributed by atoms with Gasteiger partial charge < -0.3 is 5.11 Å². The minimum Gasteiger partial charge on any atom is -0.392 e. The monoisotopic (exact) mass is 227 g/mol. The van der Waals surface area contributed by atoms with Crippen LogP contribution in [0, 0.1) is 6.92 Å². The molecule has 0 aliphatic heterocycles. The van der Waals surface area contributed by atoms with Crippen molar-refractivity contribution in [1.82, 2.24) is 4.98 Å². The van der Waals surface area contributed by atoms with Crippen molar-refractivity contribution in [2.24, 2.45) is 0 Å². The van der Waals surface area contributed by atoms with E-state index in [1.807, 2.05) is 37.4 Å². The van der Waals surface area contributed by atoms with Crippen molar-refractivity contribution in [2.75, 3.05) is 0 Å². The molecule has 2 nitrogen and oxygen atoms in total. The molecule has 0 aliphatic carbocycles. The van der Waals surface area contributed by atoms with Gasteiger partial charge in [-0.1, -0.05) is 31.2 Å². The molecule has 1 heterocycles. The molecule has 1 N–H and O–H groups in total. The van der Waals surface area contributed by atoms with Crippen molar-refractivity contribution < 1.29 is 5.11 Å². The summed E-state index contributed by atoms with van der Waals surface area (Å²) in [5.41, 5.74) is 5.55. The standard InChI is InChI=1S/C15H17NO/c1-3-12-8-15(11(2)16-9-12)14-6-4-13(10-17)5-7-14/h4-9,17H,3,10H2,1-2H3. The number of hydrogen-bond acceptors (Lipinski definition) is 2. The molecule has 88 valence electrons. The number of aromatic nitrogens is 1. The molecule has 2 aromatic rings. The van der Waals surface area contributed by atoms with Gasteiger partial charge in [0.2, 0.25) is 0 Å². The zero-order valence-corrected chi connectivity index (χ0v) is 10.3. The van der Waals surface area contributed by atoms with E-state index in [0.29, 0.717) is 0 Å². The first kappa shape index (κ1) is 11.8. The van der Waals surface area contributed by atoms with Crippen LogP contribution < -0.4 is 0 Å². The van der Waals surface area contributed by atoms with E-state index in [1.54, 1.807) is 0 Å². The van der Waals surface area contributed by atoms with Crippen LogP contribution in [0.15, 0.2) is 36.5 Å². The Hall–Kier alpha value is -1.67. The lowest BCUT2D eigenvalue weighted by atomic mass is 10.0. The summed E-state index contributed by atoms with van der Waals surface area (Å²) in [6, 6.07) is 10.2. The molecule has 0 saturated heterocycles. The third-order valence-electron chi connectivity index (χ3n) is 3.00. The molecule has 0 amide bonds. The van der Waals surface area contributed by atoms with Crippen molar-refractivity contribution >= 4 is 0 Å². The quantitative estimate of drug-likeness (QED) is 0.874. The van der Waals surface area contributed by atoms with Crippen molar-refractivity contribution in [3.8, 4) is 11.1 Å². The van der Waals surface area contributed by atoms with Crippen molar-refractivity contribution in [1.29, 1.82) is 0 Å². The summed E-state index contributed by atoms with van der Waals surface area (Å²) >= 11 is 0. The lowest BCUT2D eigenvalue weighted by Gasteiger charge is -2.08. The van der Waals surface area contributed by atoms with E-state index < -0.39 is 0 Å². The van der Waals surface area contributed by atoms with E-state index in [-0.39, 0.29) is 6.61 Å². The van der Waals surface area contributed by atoms with Crippen LogP contribution in [-0.4, -0.2) is 10.1 Å². The predicted molar refractivity (Wildman–Crippen MR) is 69.7 cm³/mol. The van der Waals surface area contributed by atoms with Gasteiger partial charge in [0, 0.05) is 17.5 Å². The minimum absolute atomic E-state index is 0.0898. The van der Waals surface area contributed by atoms with E-state index in [0.717, 1.165) is 23.2 Å². The van der Waals surface area contributed by atoms with Gasteiger partial charge in [0.05, 0.1) is 6.61 Å². The van der Waals surface area contributed by atoms with Crippen LogP contribution >= 0.6 is 0 Å². The lowest BCUT2D eigenvalue weighted by molar-refractivity contribution is 0.282. The van der Waals surface area contributed by atoms with Gasteiger partial charge in [0.1, 0.15) is 0 Å². The van der Waals surface area contributed by atoms with Gasteiger partial charge >= 0.3 is 0 Å². The van der Waals surface area contributed by atoms with Crippen LogP contribution in [0.3, 0.4) is 0 Å². The van der Waals surface area contributed by atoms with Gasteiger partial charge in [-0.3, -0.25) is 4.98 Å². The van der Waals surface area contributed by atoms with E-state index >= 15 is 0 Å². The average Bonchev–Trinajstić information content (AvgIpc) is 2.39. The molecule has 0 saturated carbocycles. The third kappa shape index (κ3) is 2.53. The third-order valence-corrected chi connectivity index (χ3v) is 3.00. The fourth-order valence-electron chi connectivity index (χ4n) is 1.85. The number of aryl methyl sites for hydroxylation is 2. The number of rotatable bonds is 3.